The number of amides is 4. The summed E-state index contributed by atoms with van der Waals surface area (Å²) < 4.78 is 40.2. The largest absolute Gasteiger partial charge is 0.416 e. The Morgan fingerprint density at radius 3 is 2.49 bits per heavy atom. The molecule has 0 saturated heterocycles. The molecule has 1 aliphatic heterocycles. The first kappa shape index (κ1) is 24.0. The van der Waals surface area contributed by atoms with E-state index in [0.29, 0.717) is 17.5 Å². The van der Waals surface area contributed by atoms with Gasteiger partial charge in [-0.05, 0) is 55.7 Å². The molecule has 1 aliphatic carbocycles. The fraction of sp³-hybridized carbons (Fsp3) is 0.280. The first-order valence-electron chi connectivity index (χ1n) is 11.0. The Labute approximate surface area is 199 Å². The van der Waals surface area contributed by atoms with E-state index in [-0.39, 0.29) is 42.1 Å². The van der Waals surface area contributed by atoms with Gasteiger partial charge in [-0.2, -0.15) is 18.4 Å². The molecule has 1 N–H and O–H groups in total. The summed E-state index contributed by atoms with van der Waals surface area (Å²) in [6.07, 6.45) is -3.76. The van der Waals surface area contributed by atoms with Gasteiger partial charge >= 0.3 is 18.2 Å². The molecule has 180 valence electrons. The van der Waals surface area contributed by atoms with Crippen LogP contribution < -0.4 is 10.2 Å². The van der Waals surface area contributed by atoms with Crippen LogP contribution in [0.4, 0.5) is 28.4 Å². The topological polar surface area (TPSA) is 93.5 Å². The number of Topliss-reactive ketones (excluding diaryl/α,β-unsaturated/α-hetero) is 1. The van der Waals surface area contributed by atoms with Crippen LogP contribution in [-0.2, 0) is 11.0 Å². The molecule has 4 rings (SSSR count). The number of nitrogens with one attached hydrogen (secondary N) is 1. The highest BCUT2D eigenvalue weighted by atomic mass is 19.4. The number of nitrogens with zero attached hydrogens (tertiary/aromatic N) is 3. The second-order valence-electron chi connectivity index (χ2n) is 8.15. The minimum absolute atomic E-state index is 0.0837. The van der Waals surface area contributed by atoms with Crippen LogP contribution >= 0.6 is 0 Å². The lowest BCUT2D eigenvalue weighted by atomic mass is 9.83. The summed E-state index contributed by atoms with van der Waals surface area (Å²) in [6.45, 7) is 1.84. The van der Waals surface area contributed by atoms with Crippen molar-refractivity contribution in [2.75, 3.05) is 11.4 Å². The molecule has 2 aromatic rings. The standard InChI is InChI=1S/C25H21F3N4O3/c1-2-30-23(34)32-22(16-11-9-15(14-29)10-12-16)21-19(7-4-8-20(21)33)31(24(32)35)18-6-3-5-17(13-18)25(26,27)28/h3,5-6,9-13,22H,2,4,7-8H2,1H3,(H,30,34). The Hall–Kier alpha value is -4.13. The van der Waals surface area contributed by atoms with Crippen molar-refractivity contribution in [1.29, 1.82) is 5.26 Å². The van der Waals surface area contributed by atoms with Crippen molar-refractivity contribution in [1.82, 2.24) is 10.2 Å². The number of hydrogen-bond acceptors (Lipinski definition) is 4. The molecule has 10 heteroatoms. The number of nitriles is 1. The molecular formula is C25H21F3N4O3. The first-order valence-corrected chi connectivity index (χ1v) is 11.0. The number of halogens is 3. The van der Waals surface area contributed by atoms with Crippen LogP contribution in [0.3, 0.4) is 0 Å². The normalized spacial score (nSPS) is 18.3. The number of alkyl halides is 3. The number of imide groups is 1. The van der Waals surface area contributed by atoms with Gasteiger partial charge in [0.05, 0.1) is 28.9 Å². The molecule has 2 aliphatic rings. The monoisotopic (exact) mass is 482 g/mol. The van der Waals surface area contributed by atoms with E-state index in [9.17, 15) is 27.6 Å². The van der Waals surface area contributed by atoms with Crippen LogP contribution in [0.2, 0.25) is 0 Å². The molecule has 7 nitrogen and oxygen atoms in total. The summed E-state index contributed by atoms with van der Waals surface area (Å²) in [6, 6.07) is 9.67. The molecule has 2 aromatic carbocycles. The van der Waals surface area contributed by atoms with E-state index in [4.69, 9.17) is 5.26 Å². The van der Waals surface area contributed by atoms with Crippen LogP contribution in [0, 0.1) is 11.3 Å². The summed E-state index contributed by atoms with van der Waals surface area (Å²) in [5.74, 6) is -0.292. The zero-order valence-electron chi connectivity index (χ0n) is 18.7. The smallest absolute Gasteiger partial charge is 0.338 e. The summed E-state index contributed by atoms with van der Waals surface area (Å²) >= 11 is 0. The van der Waals surface area contributed by atoms with E-state index in [0.717, 1.165) is 21.9 Å². The second-order valence-corrected chi connectivity index (χ2v) is 8.15. The van der Waals surface area contributed by atoms with Gasteiger partial charge in [0.25, 0.3) is 0 Å². The lowest BCUT2D eigenvalue weighted by Crippen LogP contribution is -2.56. The van der Waals surface area contributed by atoms with Crippen LogP contribution in [0.1, 0.15) is 48.9 Å². The minimum Gasteiger partial charge on any atom is -0.338 e. The van der Waals surface area contributed by atoms with Gasteiger partial charge in [-0.15, -0.1) is 0 Å². The van der Waals surface area contributed by atoms with Gasteiger partial charge in [0, 0.05) is 24.2 Å². The van der Waals surface area contributed by atoms with Crippen molar-refractivity contribution in [2.24, 2.45) is 0 Å². The molecule has 0 bridgehead atoms. The Bertz CT molecular complexity index is 1260. The Kier molecular flexibility index (Phi) is 6.35. The van der Waals surface area contributed by atoms with E-state index >= 15 is 0 Å². The molecule has 0 radical (unpaired) electrons. The number of hydrogen-bond donors (Lipinski definition) is 1. The van der Waals surface area contributed by atoms with Crippen molar-refractivity contribution in [3.05, 3.63) is 76.5 Å². The highest BCUT2D eigenvalue weighted by molar-refractivity contribution is 6.11. The van der Waals surface area contributed by atoms with Crippen LogP contribution in [0.5, 0.6) is 0 Å². The third-order valence-electron chi connectivity index (χ3n) is 5.96. The Morgan fingerprint density at radius 2 is 1.86 bits per heavy atom. The predicted molar refractivity (Wildman–Crippen MR) is 120 cm³/mol. The molecule has 0 fully saturated rings. The van der Waals surface area contributed by atoms with Crippen LogP contribution in [0.25, 0.3) is 0 Å². The maximum atomic E-state index is 13.8. The number of rotatable bonds is 3. The molecular weight excluding hydrogens is 461 g/mol. The van der Waals surface area contributed by atoms with Gasteiger partial charge < -0.3 is 5.32 Å². The number of ketones is 1. The molecule has 1 heterocycles. The Balaban J connectivity index is 1.96. The molecule has 1 unspecified atom stereocenters. The summed E-state index contributed by atoms with van der Waals surface area (Å²) in [7, 11) is 0. The number of benzene rings is 2. The fourth-order valence-electron chi connectivity index (χ4n) is 4.44. The minimum atomic E-state index is -4.64. The van der Waals surface area contributed by atoms with Crippen molar-refractivity contribution in [3.8, 4) is 6.07 Å². The zero-order valence-corrected chi connectivity index (χ0v) is 18.7. The number of anilines is 1. The third-order valence-corrected chi connectivity index (χ3v) is 5.96. The highest BCUT2D eigenvalue weighted by Gasteiger charge is 2.47. The van der Waals surface area contributed by atoms with Gasteiger partial charge in [-0.3, -0.25) is 9.69 Å². The molecule has 0 saturated carbocycles. The molecule has 4 amide bonds. The van der Waals surface area contributed by atoms with Crippen molar-refractivity contribution < 1.29 is 27.6 Å². The lowest BCUT2D eigenvalue weighted by molar-refractivity contribution is -0.137. The molecule has 0 spiro atoms. The maximum absolute atomic E-state index is 13.8. The van der Waals surface area contributed by atoms with Gasteiger partial charge in [0.2, 0.25) is 0 Å². The first-order chi connectivity index (χ1) is 16.7. The van der Waals surface area contributed by atoms with Gasteiger partial charge in [-0.1, -0.05) is 18.2 Å². The average molecular weight is 482 g/mol. The van der Waals surface area contributed by atoms with Crippen molar-refractivity contribution in [2.45, 2.75) is 38.4 Å². The highest BCUT2D eigenvalue weighted by Crippen LogP contribution is 2.44. The quantitative estimate of drug-likeness (QED) is 0.643. The van der Waals surface area contributed by atoms with Crippen LogP contribution in [0.15, 0.2) is 59.8 Å². The van der Waals surface area contributed by atoms with Gasteiger partial charge in [0.15, 0.2) is 5.78 Å². The van der Waals surface area contributed by atoms with Crippen molar-refractivity contribution in [3.63, 3.8) is 0 Å². The van der Waals surface area contributed by atoms with Gasteiger partial charge in [0.1, 0.15) is 0 Å². The summed E-state index contributed by atoms with van der Waals surface area (Å²) in [4.78, 5) is 42.0. The van der Waals surface area contributed by atoms with E-state index in [2.05, 4.69) is 5.32 Å². The molecule has 35 heavy (non-hydrogen) atoms. The van der Waals surface area contributed by atoms with E-state index in [1.165, 1.54) is 24.3 Å². The Morgan fingerprint density at radius 1 is 1.14 bits per heavy atom. The number of carbonyl (C=O) groups is 3. The number of urea groups is 2. The van der Waals surface area contributed by atoms with E-state index in [1.54, 1.807) is 19.1 Å². The van der Waals surface area contributed by atoms with E-state index < -0.39 is 29.8 Å². The van der Waals surface area contributed by atoms with Crippen molar-refractivity contribution >= 4 is 23.5 Å². The molecule has 0 aromatic heterocycles. The third kappa shape index (κ3) is 4.37. The second kappa shape index (κ2) is 9.25. The van der Waals surface area contributed by atoms with Gasteiger partial charge in [-0.25, -0.2) is 14.5 Å². The SMILES string of the molecule is CCNC(=O)N1C(=O)N(c2cccc(C(F)(F)F)c2)C2=C(C(=O)CCC2)C1c1ccc(C#N)cc1. The fourth-order valence-corrected chi connectivity index (χ4v) is 4.44. The summed E-state index contributed by atoms with van der Waals surface area (Å²) in [5.41, 5.74) is 0.223. The number of allylic oxidation sites excluding steroid dienone is 1. The number of carbonyl (C=O) groups excluding carboxylic acids is 3. The maximum Gasteiger partial charge on any atom is 0.416 e. The van der Waals surface area contributed by atoms with E-state index in [1.807, 2.05) is 6.07 Å². The molecule has 1 atom stereocenters. The average Bonchev–Trinajstić information content (AvgIpc) is 2.83. The predicted octanol–water partition coefficient (Wildman–Crippen LogP) is 5.30. The lowest BCUT2D eigenvalue weighted by Gasteiger charge is -2.44. The zero-order chi connectivity index (χ0) is 25.3. The summed E-state index contributed by atoms with van der Waals surface area (Å²) in [5, 5.41) is 11.7. The van der Waals surface area contributed by atoms with Crippen LogP contribution in [-0.4, -0.2) is 29.3 Å².